The van der Waals surface area contributed by atoms with E-state index in [0.29, 0.717) is 0 Å². The molecule has 1 saturated heterocycles. The van der Waals surface area contributed by atoms with Gasteiger partial charge in [-0.2, -0.15) is 0 Å². The van der Waals surface area contributed by atoms with Crippen LogP contribution in [-0.2, 0) is 16.2 Å². The summed E-state index contributed by atoms with van der Waals surface area (Å²) in [5, 5.41) is 0.137. The second kappa shape index (κ2) is 7.26. The number of hydrogen-bond donors (Lipinski definition) is 1. The van der Waals surface area contributed by atoms with Gasteiger partial charge >= 0.3 is 5.69 Å². The van der Waals surface area contributed by atoms with Crippen molar-refractivity contribution < 1.29 is 9.16 Å². The summed E-state index contributed by atoms with van der Waals surface area (Å²) in [7, 11) is -0.561. The smallest absolute Gasteiger partial charge is 0.329 e. The molecular formula is C18H31ClN2O4Si. The van der Waals surface area contributed by atoms with Gasteiger partial charge < -0.3 is 9.16 Å². The van der Waals surface area contributed by atoms with Crippen molar-refractivity contribution >= 4 is 19.9 Å². The number of nitrogens with zero attached hydrogens (tertiary/aromatic N) is 1. The van der Waals surface area contributed by atoms with E-state index in [1.165, 1.54) is 11.6 Å². The topological polar surface area (TPSA) is 73.3 Å². The molecule has 0 amide bonds. The van der Waals surface area contributed by atoms with Crippen molar-refractivity contribution in [2.24, 2.45) is 13.0 Å². The molecule has 1 aromatic rings. The van der Waals surface area contributed by atoms with Crippen molar-refractivity contribution in [3.8, 4) is 0 Å². The normalized spacial score (nSPS) is 27.1. The highest BCUT2D eigenvalue weighted by Crippen LogP contribution is 2.46. The molecule has 26 heavy (non-hydrogen) atoms. The van der Waals surface area contributed by atoms with E-state index in [1.54, 1.807) is 0 Å². The maximum Gasteiger partial charge on any atom is 0.329 e. The summed E-state index contributed by atoms with van der Waals surface area (Å²) in [5.41, 5.74) is -0.764. The van der Waals surface area contributed by atoms with Crippen LogP contribution in [0.25, 0.3) is 0 Å². The molecule has 8 heteroatoms. The van der Waals surface area contributed by atoms with Gasteiger partial charge in [-0.25, -0.2) is 4.79 Å². The van der Waals surface area contributed by atoms with Gasteiger partial charge in [-0.1, -0.05) is 46.2 Å². The molecule has 1 aliphatic heterocycles. The van der Waals surface area contributed by atoms with E-state index in [-0.39, 0.29) is 33.9 Å². The van der Waals surface area contributed by atoms with Crippen LogP contribution in [-0.4, -0.2) is 30.1 Å². The molecule has 6 nitrogen and oxygen atoms in total. The first-order chi connectivity index (χ1) is 11.8. The lowest BCUT2D eigenvalue weighted by atomic mass is 9.95. The minimum absolute atomic E-state index is 0.0255. The number of aromatic nitrogens is 2. The van der Waals surface area contributed by atoms with E-state index in [9.17, 15) is 9.59 Å². The fraction of sp³-hybridized carbons (Fsp3) is 0.778. The van der Waals surface area contributed by atoms with Gasteiger partial charge in [-0.3, -0.25) is 14.3 Å². The molecule has 0 radical (unpaired) electrons. The molecule has 0 bridgehead atoms. The van der Waals surface area contributed by atoms with Crippen LogP contribution in [0.5, 0.6) is 0 Å². The van der Waals surface area contributed by atoms with Gasteiger partial charge in [0.15, 0.2) is 8.32 Å². The fourth-order valence-electron chi connectivity index (χ4n) is 3.12. The fourth-order valence-corrected chi connectivity index (χ4v) is 4.76. The summed E-state index contributed by atoms with van der Waals surface area (Å²) in [6.45, 7) is 15.1. The second-order valence-corrected chi connectivity index (χ2v) is 13.8. The molecule has 2 heterocycles. The highest BCUT2D eigenvalue weighted by Gasteiger charge is 2.49. The monoisotopic (exact) mass is 402 g/mol. The number of aromatic amines is 1. The van der Waals surface area contributed by atoms with Crippen molar-refractivity contribution in [2.45, 2.75) is 77.5 Å². The molecule has 0 saturated carbocycles. The van der Waals surface area contributed by atoms with E-state index in [2.05, 4.69) is 52.7 Å². The Labute approximate surface area is 161 Å². The number of nitrogens with one attached hydrogen (secondary N) is 1. The summed E-state index contributed by atoms with van der Waals surface area (Å²) in [4.78, 5) is 26.7. The van der Waals surface area contributed by atoms with Crippen LogP contribution in [0, 0.1) is 5.92 Å². The van der Waals surface area contributed by atoms with Crippen LogP contribution in [0.15, 0.2) is 9.59 Å². The van der Waals surface area contributed by atoms with Crippen molar-refractivity contribution in [1.29, 1.82) is 0 Å². The van der Waals surface area contributed by atoms with Gasteiger partial charge in [-0.15, -0.1) is 0 Å². The zero-order chi connectivity index (χ0) is 20.0. The van der Waals surface area contributed by atoms with E-state index in [0.717, 1.165) is 6.42 Å². The van der Waals surface area contributed by atoms with Gasteiger partial charge in [0.1, 0.15) is 11.3 Å². The summed E-state index contributed by atoms with van der Waals surface area (Å²) < 4.78 is 14.1. The van der Waals surface area contributed by atoms with Gasteiger partial charge in [-0.05, 0) is 24.6 Å². The standard InChI is InChI=1S/C18H31ClN2O4Si/c1-9-11-10(2)13(25-26(7,8)18(3,4)5)14(24-11)12-15(19)21(6)17(23)20-16(12)22/h10-11,13-14H,9H2,1-8H3,(H,20,22,23)/t10?,11-,13+,14+/m1/s1. The third-order valence-electron chi connectivity index (χ3n) is 5.93. The second-order valence-electron chi connectivity index (χ2n) is 8.73. The molecule has 1 aliphatic rings. The molecule has 1 unspecified atom stereocenters. The van der Waals surface area contributed by atoms with Crippen LogP contribution < -0.4 is 11.2 Å². The Hall–Kier alpha value is -0.893. The lowest BCUT2D eigenvalue weighted by Gasteiger charge is -2.40. The summed E-state index contributed by atoms with van der Waals surface area (Å²) in [5.74, 6) is 0.117. The molecule has 0 aromatic carbocycles. The Morgan fingerprint density at radius 2 is 1.88 bits per heavy atom. The lowest BCUT2D eigenvalue weighted by Crippen LogP contribution is -2.47. The van der Waals surface area contributed by atoms with Crippen molar-refractivity contribution in [3.05, 3.63) is 31.6 Å². The highest BCUT2D eigenvalue weighted by molar-refractivity contribution is 6.74. The Bertz CT molecular complexity index is 781. The van der Waals surface area contributed by atoms with E-state index in [4.69, 9.17) is 20.8 Å². The van der Waals surface area contributed by atoms with Crippen LogP contribution in [0.4, 0.5) is 0 Å². The first-order valence-electron chi connectivity index (χ1n) is 9.13. The molecule has 1 N–H and O–H groups in total. The van der Waals surface area contributed by atoms with E-state index < -0.39 is 25.7 Å². The van der Waals surface area contributed by atoms with Crippen LogP contribution >= 0.6 is 11.6 Å². The highest BCUT2D eigenvalue weighted by atomic mass is 35.5. The average Bonchev–Trinajstić information content (AvgIpc) is 2.80. The number of halogens is 1. The summed E-state index contributed by atoms with van der Waals surface area (Å²) in [6.07, 6.45) is -0.0809. The van der Waals surface area contributed by atoms with Crippen LogP contribution in [0.1, 0.15) is 52.7 Å². The van der Waals surface area contributed by atoms with Gasteiger partial charge in [0.25, 0.3) is 5.56 Å². The molecule has 4 atom stereocenters. The Morgan fingerprint density at radius 3 is 2.38 bits per heavy atom. The quantitative estimate of drug-likeness (QED) is 0.616. The minimum atomic E-state index is -2.09. The Kier molecular flexibility index (Phi) is 5.98. The third-order valence-corrected chi connectivity index (χ3v) is 10.9. The molecule has 0 spiro atoms. The van der Waals surface area contributed by atoms with Gasteiger partial charge in [0.05, 0.1) is 17.8 Å². The number of ether oxygens (including phenoxy) is 1. The maximum absolute atomic E-state index is 12.5. The molecule has 148 valence electrons. The van der Waals surface area contributed by atoms with Crippen LogP contribution in [0.3, 0.4) is 0 Å². The molecule has 0 aliphatic carbocycles. The number of hydrogen-bond acceptors (Lipinski definition) is 4. The largest absolute Gasteiger partial charge is 0.411 e. The molecule has 1 aromatic heterocycles. The molecule has 2 rings (SSSR count). The Balaban J connectivity index is 2.54. The minimum Gasteiger partial charge on any atom is -0.411 e. The predicted octanol–water partition coefficient (Wildman–Crippen LogP) is 3.60. The van der Waals surface area contributed by atoms with Crippen molar-refractivity contribution in [3.63, 3.8) is 0 Å². The van der Waals surface area contributed by atoms with Gasteiger partial charge in [0, 0.05) is 13.0 Å². The zero-order valence-corrected chi connectivity index (χ0v) is 18.7. The van der Waals surface area contributed by atoms with E-state index in [1.807, 2.05) is 0 Å². The van der Waals surface area contributed by atoms with Crippen molar-refractivity contribution in [2.75, 3.05) is 0 Å². The van der Waals surface area contributed by atoms with Crippen LogP contribution in [0.2, 0.25) is 23.3 Å². The third kappa shape index (κ3) is 3.72. The Morgan fingerprint density at radius 1 is 1.31 bits per heavy atom. The molecule has 1 fully saturated rings. The zero-order valence-electron chi connectivity index (χ0n) is 17.0. The van der Waals surface area contributed by atoms with Gasteiger partial charge in [0.2, 0.25) is 0 Å². The number of H-pyrrole nitrogens is 1. The first kappa shape index (κ1) is 21.4. The summed E-state index contributed by atoms with van der Waals surface area (Å²) in [6, 6.07) is 0. The molecular weight excluding hydrogens is 372 g/mol. The average molecular weight is 403 g/mol. The summed E-state index contributed by atoms with van der Waals surface area (Å²) >= 11 is 6.37. The maximum atomic E-state index is 12.5. The van der Waals surface area contributed by atoms with Crippen molar-refractivity contribution in [1.82, 2.24) is 9.55 Å². The van der Waals surface area contributed by atoms with E-state index >= 15 is 0 Å². The lowest BCUT2D eigenvalue weighted by molar-refractivity contribution is 0.00965. The first-order valence-corrected chi connectivity index (χ1v) is 12.4. The number of rotatable bonds is 4. The SMILES string of the molecule is CC[C@H]1O[C@@H](c2c(Cl)n(C)c(=O)[nH]c2=O)[C@@H](O[Si](C)(C)C(C)(C)C)C1C. The predicted molar refractivity (Wildman–Crippen MR) is 106 cm³/mol.